The Morgan fingerprint density at radius 1 is 0.809 bits per heavy atom. The number of nitrogens with one attached hydrogen (secondary N) is 5. The van der Waals surface area contributed by atoms with E-state index < -0.39 is 60.2 Å². The lowest BCUT2D eigenvalue weighted by molar-refractivity contribution is -0.141. The molecule has 0 bridgehead atoms. The predicted octanol–water partition coefficient (Wildman–Crippen LogP) is 1.41. The number of aromatic nitrogens is 1. The molecular weight excluding hydrogens is 624 g/mol. The van der Waals surface area contributed by atoms with Crippen LogP contribution in [0.1, 0.15) is 43.7 Å². The minimum Gasteiger partial charge on any atom is -0.481 e. The number of amides is 5. The van der Waals surface area contributed by atoms with Crippen LogP contribution in [0.25, 0.3) is 10.9 Å². The first-order valence-electron chi connectivity index (χ1n) is 15.3. The molecule has 0 saturated heterocycles. The number of hydrogen-bond acceptors (Lipinski definition) is 7. The summed E-state index contributed by atoms with van der Waals surface area (Å²) in [5.41, 5.74) is 7.88. The molecule has 0 radical (unpaired) electrons. The second kappa shape index (κ2) is 18.3. The molecule has 47 heavy (non-hydrogen) atoms. The summed E-state index contributed by atoms with van der Waals surface area (Å²) in [6.07, 6.45) is 3.93. The number of carboxylic acids is 1. The molecule has 0 saturated carbocycles. The largest absolute Gasteiger partial charge is 0.481 e. The van der Waals surface area contributed by atoms with Crippen molar-refractivity contribution in [1.29, 1.82) is 0 Å². The van der Waals surface area contributed by atoms with Crippen molar-refractivity contribution in [3.05, 3.63) is 71.9 Å². The third kappa shape index (κ3) is 11.5. The van der Waals surface area contributed by atoms with E-state index in [4.69, 9.17) is 5.73 Å². The van der Waals surface area contributed by atoms with Crippen molar-refractivity contribution in [2.75, 3.05) is 12.0 Å². The van der Waals surface area contributed by atoms with Gasteiger partial charge in [0.15, 0.2) is 0 Å². The van der Waals surface area contributed by atoms with Crippen LogP contribution in [0.15, 0.2) is 60.8 Å². The average molecular weight is 667 g/mol. The molecule has 0 aliphatic carbocycles. The molecule has 0 spiro atoms. The number of aliphatic carboxylic acids is 1. The van der Waals surface area contributed by atoms with Crippen LogP contribution in [0.4, 0.5) is 0 Å². The summed E-state index contributed by atoms with van der Waals surface area (Å²) in [5, 5.41) is 20.8. The Kier molecular flexibility index (Phi) is 14.3. The maximum Gasteiger partial charge on any atom is 0.305 e. The fourth-order valence-electron chi connectivity index (χ4n) is 5.00. The van der Waals surface area contributed by atoms with Gasteiger partial charge in [-0.25, -0.2) is 0 Å². The molecule has 1 aromatic heterocycles. The lowest BCUT2D eigenvalue weighted by Crippen LogP contribution is -2.59. The van der Waals surface area contributed by atoms with E-state index in [1.807, 2.05) is 37.4 Å². The molecule has 14 heteroatoms. The molecule has 8 N–H and O–H groups in total. The van der Waals surface area contributed by atoms with Crippen LogP contribution < -0.4 is 27.0 Å². The van der Waals surface area contributed by atoms with Gasteiger partial charge in [-0.15, -0.1) is 0 Å². The van der Waals surface area contributed by atoms with Gasteiger partial charge in [0.2, 0.25) is 29.5 Å². The molecule has 13 nitrogen and oxygen atoms in total. The lowest BCUT2D eigenvalue weighted by Gasteiger charge is -2.26. The van der Waals surface area contributed by atoms with Gasteiger partial charge in [-0.2, -0.15) is 11.8 Å². The van der Waals surface area contributed by atoms with Gasteiger partial charge in [-0.05, 0) is 42.0 Å². The molecule has 5 amide bonds. The van der Waals surface area contributed by atoms with Crippen LogP contribution in [0.5, 0.6) is 0 Å². The van der Waals surface area contributed by atoms with Gasteiger partial charge in [-0.3, -0.25) is 28.8 Å². The highest BCUT2D eigenvalue weighted by molar-refractivity contribution is 7.98. The Labute approximate surface area is 277 Å². The maximum atomic E-state index is 13.7. The quantitative estimate of drug-likeness (QED) is 0.0991. The molecule has 252 valence electrons. The molecule has 0 unspecified atom stereocenters. The average Bonchev–Trinajstić information content (AvgIpc) is 3.44. The third-order valence-corrected chi connectivity index (χ3v) is 8.07. The first-order chi connectivity index (χ1) is 22.5. The molecule has 0 fully saturated rings. The number of nitrogens with two attached hydrogens (primary N) is 1. The Bertz CT molecular complexity index is 1550. The number of carboxylic acid groups (broad SMARTS) is 1. The fraction of sp³-hybridized carbons (Fsp3) is 0.394. The van der Waals surface area contributed by atoms with Crippen molar-refractivity contribution >= 4 is 58.2 Å². The number of primary amides is 1. The second-order valence-electron chi connectivity index (χ2n) is 11.1. The smallest absolute Gasteiger partial charge is 0.305 e. The van der Waals surface area contributed by atoms with Crippen molar-refractivity contribution in [1.82, 2.24) is 26.3 Å². The number of rotatable bonds is 19. The van der Waals surface area contributed by atoms with E-state index in [2.05, 4.69) is 26.3 Å². The summed E-state index contributed by atoms with van der Waals surface area (Å²) < 4.78 is 0. The number of thioether (sulfide) groups is 1. The molecular formula is C33H42N6O7S. The van der Waals surface area contributed by atoms with Gasteiger partial charge >= 0.3 is 5.97 Å². The van der Waals surface area contributed by atoms with Crippen LogP contribution in [0.3, 0.4) is 0 Å². The van der Waals surface area contributed by atoms with E-state index in [-0.39, 0.29) is 31.6 Å². The van der Waals surface area contributed by atoms with E-state index in [0.29, 0.717) is 17.7 Å². The van der Waals surface area contributed by atoms with Gasteiger partial charge in [-0.1, -0.05) is 55.5 Å². The number of carbonyl (C=O) groups excluding carboxylic acids is 5. The van der Waals surface area contributed by atoms with Crippen molar-refractivity contribution in [3.63, 3.8) is 0 Å². The van der Waals surface area contributed by atoms with E-state index in [9.17, 15) is 33.9 Å². The highest BCUT2D eigenvalue weighted by Gasteiger charge is 2.32. The van der Waals surface area contributed by atoms with Gasteiger partial charge in [0.05, 0.1) is 6.42 Å². The van der Waals surface area contributed by atoms with Crippen molar-refractivity contribution in [3.8, 4) is 0 Å². The highest BCUT2D eigenvalue weighted by atomic mass is 32.2. The molecule has 4 atom stereocenters. The summed E-state index contributed by atoms with van der Waals surface area (Å²) in [7, 11) is 0. The van der Waals surface area contributed by atoms with E-state index in [1.54, 1.807) is 36.5 Å². The van der Waals surface area contributed by atoms with Gasteiger partial charge < -0.3 is 37.1 Å². The normalized spacial score (nSPS) is 13.5. The minimum atomic E-state index is -1.57. The number of benzene rings is 2. The zero-order chi connectivity index (χ0) is 34.3. The number of H-pyrrole nitrogens is 1. The van der Waals surface area contributed by atoms with Gasteiger partial charge in [0, 0.05) is 36.4 Å². The molecule has 3 aromatic rings. The molecule has 0 aliphatic rings. The summed E-state index contributed by atoms with van der Waals surface area (Å²) in [4.78, 5) is 80.0. The third-order valence-electron chi connectivity index (χ3n) is 7.43. The summed E-state index contributed by atoms with van der Waals surface area (Å²) in [5.74, 6) is -4.40. The number of aromatic amines is 1. The summed E-state index contributed by atoms with van der Waals surface area (Å²) in [6.45, 7) is 1.84. The molecule has 0 aliphatic heterocycles. The van der Waals surface area contributed by atoms with Crippen LogP contribution in [-0.4, -0.2) is 81.8 Å². The Morgan fingerprint density at radius 3 is 2.09 bits per heavy atom. The number of fused-ring (bicyclic) bond motifs is 1. The Balaban J connectivity index is 1.79. The lowest BCUT2D eigenvalue weighted by atomic mass is 10.0. The molecule has 2 aromatic carbocycles. The molecule has 3 rings (SSSR count). The van der Waals surface area contributed by atoms with Crippen LogP contribution >= 0.6 is 11.8 Å². The van der Waals surface area contributed by atoms with Crippen LogP contribution in [0, 0.1) is 0 Å². The summed E-state index contributed by atoms with van der Waals surface area (Å²) >= 11 is 1.42. The number of para-hydroxylation sites is 1. The van der Waals surface area contributed by atoms with Crippen molar-refractivity contribution in [2.45, 2.75) is 69.6 Å². The topological polar surface area (TPSA) is 213 Å². The van der Waals surface area contributed by atoms with E-state index >= 15 is 0 Å². The number of carbonyl (C=O) groups is 6. The fourth-order valence-corrected chi connectivity index (χ4v) is 5.47. The minimum absolute atomic E-state index is 0.0592. The standard InChI is InChI=1S/C33H42N6O7S/c1-3-9-28(40)36-26(17-21-19-35-23-13-8-7-12-22(21)23)32(45)37-24(14-15-47-2)31(44)39-27(18-29(41)42)33(46)38-25(30(34)43)16-20-10-5-4-6-11-20/h4-8,10-13,19,24-27,35H,3,9,14-18H2,1-2H3,(H2,34,43)(H,36,40)(H,37,45)(H,38,46)(H,39,44)(H,41,42)/t24-,25-,26-,27-/m0/s1. The van der Waals surface area contributed by atoms with Crippen molar-refractivity contribution < 1.29 is 33.9 Å². The highest BCUT2D eigenvalue weighted by Crippen LogP contribution is 2.19. The molecule has 1 heterocycles. The van der Waals surface area contributed by atoms with Crippen molar-refractivity contribution in [2.24, 2.45) is 5.73 Å². The van der Waals surface area contributed by atoms with Crippen LogP contribution in [0.2, 0.25) is 0 Å². The Hall–Kier alpha value is -4.85. The monoisotopic (exact) mass is 666 g/mol. The first-order valence-corrected chi connectivity index (χ1v) is 16.7. The van der Waals surface area contributed by atoms with Crippen LogP contribution in [-0.2, 0) is 41.6 Å². The predicted molar refractivity (Wildman–Crippen MR) is 179 cm³/mol. The van der Waals surface area contributed by atoms with E-state index in [0.717, 1.165) is 16.5 Å². The summed E-state index contributed by atoms with van der Waals surface area (Å²) in [6, 6.07) is 11.4. The van der Waals surface area contributed by atoms with Gasteiger partial charge in [0.1, 0.15) is 24.2 Å². The van der Waals surface area contributed by atoms with E-state index in [1.165, 1.54) is 11.8 Å². The van der Waals surface area contributed by atoms with Gasteiger partial charge in [0.25, 0.3) is 0 Å². The zero-order valence-corrected chi connectivity index (χ0v) is 27.2. The maximum absolute atomic E-state index is 13.7. The second-order valence-corrected chi connectivity index (χ2v) is 12.1. The Morgan fingerprint density at radius 2 is 1.43 bits per heavy atom. The zero-order valence-electron chi connectivity index (χ0n) is 26.4. The number of hydrogen-bond donors (Lipinski definition) is 7. The first kappa shape index (κ1) is 36.6. The SMILES string of the molecule is CCCC(=O)N[C@@H](Cc1c[nH]c2ccccc12)C(=O)N[C@@H](CCSC)C(=O)N[C@@H](CC(=O)O)C(=O)N[C@@H](Cc1ccccc1)C(N)=O.